The molecule has 6 nitrogen and oxygen atoms in total. The zero-order chi connectivity index (χ0) is 23.5. The summed E-state index contributed by atoms with van der Waals surface area (Å²) < 4.78 is 14.6. The van der Waals surface area contributed by atoms with E-state index in [9.17, 15) is 4.79 Å². The zero-order valence-electron chi connectivity index (χ0n) is 20.0. The number of nitrogens with zero attached hydrogens (tertiary/aromatic N) is 3. The Morgan fingerprint density at radius 1 is 1.09 bits per heavy atom. The number of carbonyl (C=O) groups excluding carboxylic acids is 1. The van der Waals surface area contributed by atoms with E-state index in [2.05, 4.69) is 36.3 Å². The predicted octanol–water partition coefficient (Wildman–Crippen LogP) is 5.02. The molecule has 0 radical (unpaired) electrons. The summed E-state index contributed by atoms with van der Waals surface area (Å²) in [7, 11) is 1.89. The van der Waals surface area contributed by atoms with Crippen LogP contribution in [-0.2, 0) is 16.5 Å². The van der Waals surface area contributed by atoms with Crippen molar-refractivity contribution in [2.24, 2.45) is 7.05 Å². The number of aromatic nitrogens is 2. The number of aryl methyl sites for hydroxylation is 1. The van der Waals surface area contributed by atoms with E-state index >= 15 is 0 Å². The van der Waals surface area contributed by atoms with Gasteiger partial charge < -0.3 is 14.4 Å². The van der Waals surface area contributed by atoms with Crippen molar-refractivity contribution in [1.82, 2.24) is 14.7 Å². The third-order valence-electron chi connectivity index (χ3n) is 7.17. The van der Waals surface area contributed by atoms with Crippen LogP contribution in [0.5, 0.6) is 0 Å². The van der Waals surface area contributed by atoms with E-state index in [0.29, 0.717) is 25.4 Å². The molecule has 0 saturated carbocycles. The molecule has 2 aliphatic rings. The second kappa shape index (κ2) is 9.72. The first-order chi connectivity index (χ1) is 16.6. The van der Waals surface area contributed by atoms with Crippen molar-refractivity contribution in [3.63, 3.8) is 0 Å². The molecule has 3 heterocycles. The second-order valence-electron chi connectivity index (χ2n) is 9.41. The summed E-state index contributed by atoms with van der Waals surface area (Å²) in [4.78, 5) is 15.2. The third kappa shape index (κ3) is 4.65. The third-order valence-corrected chi connectivity index (χ3v) is 7.17. The standard InChI is InChI=1S/C28H33N3O3/c1-3-33-23-18-26(22-12-8-5-9-13-22)34-28(20-23)14-16-31(17-15-28)27(32)24-19-25(30(2)29-24)21-10-6-4-7-11-21/h4-13,19,23,26H,3,14-18,20H2,1-2H3. The number of carbonyl (C=O) groups is 1. The van der Waals surface area contributed by atoms with Gasteiger partial charge in [-0.3, -0.25) is 9.48 Å². The molecule has 0 aliphatic carbocycles. The largest absolute Gasteiger partial charge is 0.378 e. The van der Waals surface area contributed by atoms with Crippen LogP contribution in [-0.4, -0.2) is 52.0 Å². The van der Waals surface area contributed by atoms with Gasteiger partial charge in [-0.05, 0) is 37.0 Å². The minimum absolute atomic E-state index is 0.00981. The molecule has 2 aromatic carbocycles. The normalized spacial score (nSPS) is 22.1. The summed E-state index contributed by atoms with van der Waals surface area (Å²) in [6.45, 7) is 4.08. The SMILES string of the molecule is CCOC1CC(c2ccccc2)OC2(CCN(C(=O)c3cc(-c4ccccc4)n(C)n3)CC2)C1. The van der Waals surface area contributed by atoms with Gasteiger partial charge in [0.15, 0.2) is 5.69 Å². The average Bonchev–Trinajstić information content (AvgIpc) is 3.27. The molecule has 178 valence electrons. The summed E-state index contributed by atoms with van der Waals surface area (Å²) in [6.07, 6.45) is 3.58. The lowest BCUT2D eigenvalue weighted by Gasteiger charge is -2.48. The van der Waals surface area contributed by atoms with Crippen LogP contribution < -0.4 is 0 Å². The van der Waals surface area contributed by atoms with Gasteiger partial charge in [0.1, 0.15) is 0 Å². The lowest BCUT2D eigenvalue weighted by atomic mass is 9.80. The summed E-state index contributed by atoms with van der Waals surface area (Å²) >= 11 is 0. The van der Waals surface area contributed by atoms with Crippen molar-refractivity contribution >= 4 is 5.91 Å². The van der Waals surface area contributed by atoms with Gasteiger partial charge in [0.2, 0.25) is 0 Å². The lowest BCUT2D eigenvalue weighted by Crippen LogP contribution is -2.52. The Morgan fingerprint density at radius 2 is 1.76 bits per heavy atom. The Bertz CT molecular complexity index is 1100. The quantitative estimate of drug-likeness (QED) is 0.538. The van der Waals surface area contributed by atoms with E-state index in [0.717, 1.165) is 36.9 Å². The molecule has 5 rings (SSSR count). The molecule has 0 bridgehead atoms. The maximum Gasteiger partial charge on any atom is 0.274 e. The Hall–Kier alpha value is -2.96. The van der Waals surface area contributed by atoms with E-state index in [-0.39, 0.29) is 23.7 Å². The van der Waals surface area contributed by atoms with Crippen LogP contribution in [0.15, 0.2) is 66.7 Å². The molecular weight excluding hydrogens is 426 g/mol. The summed E-state index contributed by atoms with van der Waals surface area (Å²) in [5.41, 5.74) is 3.44. The highest BCUT2D eigenvalue weighted by Gasteiger charge is 2.45. The Labute approximate surface area is 201 Å². The van der Waals surface area contributed by atoms with Crippen molar-refractivity contribution in [2.45, 2.75) is 50.4 Å². The van der Waals surface area contributed by atoms with Gasteiger partial charge in [0.05, 0.1) is 23.5 Å². The number of benzene rings is 2. The summed E-state index contributed by atoms with van der Waals surface area (Å²) in [6, 6.07) is 22.4. The fourth-order valence-electron chi connectivity index (χ4n) is 5.42. The van der Waals surface area contributed by atoms with Crippen LogP contribution in [0.25, 0.3) is 11.3 Å². The Balaban J connectivity index is 1.29. The van der Waals surface area contributed by atoms with Crippen LogP contribution in [0.4, 0.5) is 0 Å². The van der Waals surface area contributed by atoms with E-state index in [1.165, 1.54) is 5.56 Å². The van der Waals surface area contributed by atoms with Gasteiger partial charge in [0, 0.05) is 39.6 Å². The fourth-order valence-corrected chi connectivity index (χ4v) is 5.42. The summed E-state index contributed by atoms with van der Waals surface area (Å²) in [5.74, 6) is -0.00981. The van der Waals surface area contributed by atoms with Crippen molar-refractivity contribution in [1.29, 1.82) is 0 Å². The molecular formula is C28H33N3O3. The van der Waals surface area contributed by atoms with E-state index in [4.69, 9.17) is 9.47 Å². The average molecular weight is 460 g/mol. The van der Waals surface area contributed by atoms with E-state index in [1.807, 2.05) is 54.4 Å². The number of hydrogen-bond acceptors (Lipinski definition) is 4. The van der Waals surface area contributed by atoms with Crippen LogP contribution in [0, 0.1) is 0 Å². The number of piperidine rings is 1. The monoisotopic (exact) mass is 459 g/mol. The topological polar surface area (TPSA) is 56.6 Å². The highest BCUT2D eigenvalue weighted by Crippen LogP contribution is 2.44. The van der Waals surface area contributed by atoms with Gasteiger partial charge in [-0.15, -0.1) is 0 Å². The van der Waals surface area contributed by atoms with Crippen molar-refractivity contribution in [3.8, 4) is 11.3 Å². The first-order valence-electron chi connectivity index (χ1n) is 12.3. The van der Waals surface area contributed by atoms with Crippen LogP contribution in [0.1, 0.15) is 54.8 Å². The van der Waals surface area contributed by atoms with Gasteiger partial charge in [0.25, 0.3) is 5.91 Å². The van der Waals surface area contributed by atoms with Crippen molar-refractivity contribution < 1.29 is 14.3 Å². The van der Waals surface area contributed by atoms with Crippen molar-refractivity contribution in [3.05, 3.63) is 78.0 Å². The van der Waals surface area contributed by atoms with Gasteiger partial charge in [-0.25, -0.2) is 0 Å². The molecule has 6 heteroatoms. The molecule has 3 aromatic rings. The molecule has 1 spiro atoms. The zero-order valence-corrected chi connectivity index (χ0v) is 20.0. The second-order valence-corrected chi connectivity index (χ2v) is 9.41. The number of likely N-dealkylation sites (tertiary alicyclic amines) is 1. The Morgan fingerprint density at radius 3 is 2.44 bits per heavy atom. The molecule has 2 fully saturated rings. The number of rotatable bonds is 5. The van der Waals surface area contributed by atoms with Crippen LogP contribution >= 0.6 is 0 Å². The van der Waals surface area contributed by atoms with Crippen LogP contribution in [0.2, 0.25) is 0 Å². The first-order valence-corrected chi connectivity index (χ1v) is 12.3. The minimum Gasteiger partial charge on any atom is -0.378 e. The molecule has 2 saturated heterocycles. The lowest BCUT2D eigenvalue weighted by molar-refractivity contribution is -0.190. The molecule has 0 N–H and O–H groups in total. The van der Waals surface area contributed by atoms with Gasteiger partial charge >= 0.3 is 0 Å². The number of hydrogen-bond donors (Lipinski definition) is 0. The first kappa shape index (κ1) is 22.8. The molecule has 34 heavy (non-hydrogen) atoms. The van der Waals surface area contributed by atoms with E-state index in [1.54, 1.807) is 4.68 Å². The van der Waals surface area contributed by atoms with Crippen LogP contribution in [0.3, 0.4) is 0 Å². The molecule has 2 atom stereocenters. The van der Waals surface area contributed by atoms with Gasteiger partial charge in [-0.1, -0.05) is 60.7 Å². The fraction of sp³-hybridized carbons (Fsp3) is 0.429. The number of amides is 1. The molecule has 2 unspecified atom stereocenters. The maximum absolute atomic E-state index is 13.3. The smallest absolute Gasteiger partial charge is 0.274 e. The van der Waals surface area contributed by atoms with Gasteiger partial charge in [-0.2, -0.15) is 5.10 Å². The molecule has 1 aromatic heterocycles. The predicted molar refractivity (Wildman–Crippen MR) is 131 cm³/mol. The Kier molecular flexibility index (Phi) is 6.53. The number of ether oxygens (including phenoxy) is 2. The summed E-state index contributed by atoms with van der Waals surface area (Å²) in [5, 5.41) is 4.53. The molecule has 1 amide bonds. The maximum atomic E-state index is 13.3. The molecule has 2 aliphatic heterocycles. The highest BCUT2D eigenvalue weighted by atomic mass is 16.5. The minimum atomic E-state index is -0.255. The van der Waals surface area contributed by atoms with E-state index < -0.39 is 0 Å². The highest BCUT2D eigenvalue weighted by molar-refractivity contribution is 5.93. The van der Waals surface area contributed by atoms with Crippen molar-refractivity contribution in [2.75, 3.05) is 19.7 Å².